The molecule has 32 heavy (non-hydrogen) atoms. The number of hydrogen-bond acceptors (Lipinski definition) is 6. The van der Waals surface area contributed by atoms with Gasteiger partial charge in [0.1, 0.15) is 0 Å². The number of nitrogens with zero attached hydrogens (tertiary/aromatic N) is 8. The van der Waals surface area contributed by atoms with Crippen LogP contribution in [0.4, 0.5) is 11.6 Å². The molecule has 168 valence electrons. The zero-order chi connectivity index (χ0) is 22.2. The Morgan fingerprint density at radius 2 is 1.12 bits per heavy atom. The summed E-state index contributed by atoms with van der Waals surface area (Å²) in [5, 5.41) is 9.07. The van der Waals surface area contributed by atoms with Crippen LogP contribution >= 0.6 is 0 Å². The Labute approximate surface area is 202 Å². The summed E-state index contributed by atoms with van der Waals surface area (Å²) >= 11 is 0. The van der Waals surface area contributed by atoms with Gasteiger partial charge in [-0.05, 0) is 54.2 Å². The summed E-state index contributed by atoms with van der Waals surface area (Å²) in [7, 11) is 7.80. The molecule has 0 unspecified atom stereocenters. The van der Waals surface area contributed by atoms with Crippen molar-refractivity contribution in [1.29, 1.82) is 0 Å². The van der Waals surface area contributed by atoms with Gasteiger partial charge in [-0.3, -0.25) is 9.97 Å². The Bertz CT molecular complexity index is 1100. The van der Waals surface area contributed by atoms with E-state index >= 15 is 0 Å². The molecule has 0 amide bonds. The first-order chi connectivity index (χ1) is 14.8. The van der Waals surface area contributed by atoms with E-state index in [1.165, 1.54) is 0 Å². The van der Waals surface area contributed by atoms with Crippen LogP contribution in [0.3, 0.4) is 0 Å². The summed E-state index contributed by atoms with van der Waals surface area (Å²) < 4.78 is 3.33. The molecule has 0 N–H and O–H groups in total. The predicted molar refractivity (Wildman–Crippen MR) is 121 cm³/mol. The maximum Gasteiger partial charge on any atom is 2.00 e. The molecule has 0 aromatic carbocycles. The molecule has 0 aliphatic carbocycles. The fourth-order valence-electron chi connectivity index (χ4n) is 3.14. The smallest absolute Gasteiger partial charge is 0.412 e. The Hall–Kier alpha value is -3.02. The van der Waals surface area contributed by atoms with E-state index in [0.29, 0.717) is 11.6 Å². The molecule has 0 radical (unpaired) electrons. The molecule has 0 aliphatic heterocycles. The molecule has 4 aromatic heterocycles. The minimum Gasteiger partial charge on any atom is -0.412 e. The van der Waals surface area contributed by atoms with Gasteiger partial charge in [-0.1, -0.05) is 36.7 Å². The van der Waals surface area contributed by atoms with Gasteiger partial charge in [-0.15, -0.1) is 12.1 Å². The fraction of sp³-hybridized carbons (Fsp3) is 0.304. The molecular weight excluding hydrogens is 495 g/mol. The van der Waals surface area contributed by atoms with E-state index in [0.717, 1.165) is 23.0 Å². The zero-order valence-corrected chi connectivity index (χ0v) is 20.6. The summed E-state index contributed by atoms with van der Waals surface area (Å²) in [6, 6.07) is 15.5. The Balaban J connectivity index is 0.00000289. The third-order valence-corrected chi connectivity index (χ3v) is 5.14. The summed E-state index contributed by atoms with van der Waals surface area (Å²) in [6.45, 7) is 4.22. The average molecular weight is 521 g/mol. The van der Waals surface area contributed by atoms with Gasteiger partial charge in [0.25, 0.3) is 0 Å². The number of anilines is 2. The zero-order valence-electron chi connectivity index (χ0n) is 19.0. The second kappa shape index (κ2) is 9.23. The summed E-state index contributed by atoms with van der Waals surface area (Å²) in [5.74, 6) is 3.08. The maximum absolute atomic E-state index is 4.87. The van der Waals surface area contributed by atoms with Gasteiger partial charge in [0.15, 0.2) is 0 Å². The van der Waals surface area contributed by atoms with Gasteiger partial charge >= 0.3 is 20.4 Å². The SMILES string of the molecule is CN(C)c1c[c-]n(-c2cccc(C(C)(C)c3cccc(-n4[c-]cc(N(C)C)n4)n3)n2)n1.[Pd+2]. The van der Waals surface area contributed by atoms with Crippen molar-refractivity contribution in [3.8, 4) is 11.6 Å². The number of hydrogen-bond donors (Lipinski definition) is 0. The predicted octanol–water partition coefficient (Wildman–Crippen LogP) is 2.90. The van der Waals surface area contributed by atoms with Crippen molar-refractivity contribution in [2.75, 3.05) is 38.0 Å². The fourth-order valence-corrected chi connectivity index (χ4v) is 3.14. The minimum absolute atomic E-state index is 0. The number of rotatable bonds is 6. The van der Waals surface area contributed by atoms with E-state index in [2.05, 4.69) is 36.4 Å². The van der Waals surface area contributed by atoms with E-state index in [4.69, 9.17) is 9.97 Å². The second-order valence-corrected chi connectivity index (χ2v) is 8.26. The van der Waals surface area contributed by atoms with Crippen LogP contribution in [0.2, 0.25) is 0 Å². The molecule has 8 nitrogen and oxygen atoms in total. The van der Waals surface area contributed by atoms with Gasteiger partial charge < -0.3 is 19.2 Å². The largest absolute Gasteiger partial charge is 2.00 e. The summed E-state index contributed by atoms with van der Waals surface area (Å²) in [4.78, 5) is 13.6. The van der Waals surface area contributed by atoms with E-state index in [1.807, 2.05) is 86.5 Å². The van der Waals surface area contributed by atoms with Crippen molar-refractivity contribution in [3.05, 3.63) is 72.3 Å². The third-order valence-electron chi connectivity index (χ3n) is 5.14. The van der Waals surface area contributed by atoms with E-state index in [9.17, 15) is 0 Å². The second-order valence-electron chi connectivity index (χ2n) is 8.26. The molecular formula is C23H26N8Pd. The van der Waals surface area contributed by atoms with Gasteiger partial charge in [-0.25, -0.2) is 10.2 Å². The first-order valence-electron chi connectivity index (χ1n) is 10.0. The third kappa shape index (κ3) is 4.59. The minimum atomic E-state index is -0.429. The van der Waals surface area contributed by atoms with Crippen LogP contribution < -0.4 is 9.80 Å². The van der Waals surface area contributed by atoms with E-state index in [-0.39, 0.29) is 20.4 Å². The average Bonchev–Trinajstić information content (AvgIpc) is 3.44. The van der Waals surface area contributed by atoms with Crippen molar-refractivity contribution in [1.82, 2.24) is 29.5 Å². The number of aromatic nitrogens is 6. The standard InChI is InChI=1S/C23H26N8.Pd/c1-23(2,17-9-7-11-19(24-17)30-15-13-21(26-30)28(3)4)18-10-8-12-20(25-18)31-16-14-22(27-31)29(5)6;/h7-14H,1-6H3;/q-2;+2. The van der Waals surface area contributed by atoms with Crippen LogP contribution in [0.1, 0.15) is 25.2 Å². The van der Waals surface area contributed by atoms with Crippen molar-refractivity contribution in [3.63, 3.8) is 0 Å². The van der Waals surface area contributed by atoms with Crippen LogP contribution in [0.25, 0.3) is 11.6 Å². The first kappa shape index (κ1) is 23.6. The quantitative estimate of drug-likeness (QED) is 0.288. The molecule has 0 atom stereocenters. The van der Waals surface area contributed by atoms with Crippen molar-refractivity contribution in [2.45, 2.75) is 19.3 Å². The Morgan fingerprint density at radius 3 is 1.47 bits per heavy atom. The van der Waals surface area contributed by atoms with Crippen LogP contribution in [0, 0.1) is 12.4 Å². The van der Waals surface area contributed by atoms with E-state index in [1.54, 1.807) is 9.36 Å². The molecule has 9 heteroatoms. The van der Waals surface area contributed by atoms with Crippen LogP contribution in [0.5, 0.6) is 0 Å². The summed E-state index contributed by atoms with van der Waals surface area (Å²) in [5.41, 5.74) is 1.35. The Morgan fingerprint density at radius 1 is 0.719 bits per heavy atom. The summed E-state index contributed by atoms with van der Waals surface area (Å²) in [6.07, 6.45) is 6.26. The van der Waals surface area contributed by atoms with Crippen molar-refractivity contribution >= 4 is 11.6 Å². The molecule has 0 bridgehead atoms. The van der Waals surface area contributed by atoms with Crippen LogP contribution in [-0.2, 0) is 25.8 Å². The monoisotopic (exact) mass is 520 g/mol. The first-order valence-corrected chi connectivity index (χ1v) is 10.0. The van der Waals surface area contributed by atoms with Gasteiger partial charge in [-0.2, -0.15) is 0 Å². The van der Waals surface area contributed by atoms with Crippen LogP contribution in [0.15, 0.2) is 48.5 Å². The Kier molecular flexibility index (Phi) is 6.82. The molecule has 4 rings (SSSR count). The molecule has 0 fully saturated rings. The molecule has 0 spiro atoms. The normalized spacial score (nSPS) is 11.2. The number of pyridine rings is 2. The van der Waals surface area contributed by atoms with Gasteiger partial charge in [0, 0.05) is 28.4 Å². The molecule has 0 saturated carbocycles. The molecule has 4 heterocycles. The molecule has 4 aromatic rings. The van der Waals surface area contributed by atoms with Crippen molar-refractivity contribution in [2.24, 2.45) is 0 Å². The van der Waals surface area contributed by atoms with Crippen LogP contribution in [-0.4, -0.2) is 57.7 Å². The van der Waals surface area contributed by atoms with Gasteiger partial charge in [0.05, 0.1) is 11.6 Å². The maximum atomic E-state index is 4.87. The van der Waals surface area contributed by atoms with E-state index < -0.39 is 5.41 Å². The van der Waals surface area contributed by atoms with Crippen molar-refractivity contribution < 1.29 is 20.4 Å². The molecule has 0 aliphatic rings. The molecule has 0 saturated heterocycles. The topological polar surface area (TPSA) is 67.9 Å². The van der Waals surface area contributed by atoms with Gasteiger partial charge in [0.2, 0.25) is 0 Å².